The van der Waals surface area contributed by atoms with Crippen molar-refractivity contribution >= 4 is 33.3 Å². The van der Waals surface area contributed by atoms with Crippen LogP contribution >= 0.6 is 0 Å². The third kappa shape index (κ3) is 3.52. The van der Waals surface area contributed by atoms with Gasteiger partial charge in [0.05, 0.1) is 23.8 Å². The Morgan fingerprint density at radius 3 is 2.63 bits per heavy atom. The van der Waals surface area contributed by atoms with Crippen molar-refractivity contribution in [1.29, 1.82) is 0 Å². The van der Waals surface area contributed by atoms with Gasteiger partial charge < -0.3 is 10.4 Å². The molecule has 10 heteroatoms. The SMILES string of the molecule is CC(C)(C(=O)O)n1cc(NC(=O)c2ccc3c(c2)CCN3S(C)(=O)=O)cn1. The first-order valence-electron chi connectivity index (χ1n) is 8.20. The van der Waals surface area contributed by atoms with Crippen molar-refractivity contribution in [2.45, 2.75) is 25.8 Å². The van der Waals surface area contributed by atoms with E-state index in [1.165, 1.54) is 35.2 Å². The number of amides is 1. The number of nitrogens with zero attached hydrogens (tertiary/aromatic N) is 3. The largest absolute Gasteiger partial charge is 0.479 e. The van der Waals surface area contributed by atoms with Gasteiger partial charge in [-0.3, -0.25) is 13.8 Å². The van der Waals surface area contributed by atoms with Crippen molar-refractivity contribution < 1.29 is 23.1 Å². The quantitative estimate of drug-likeness (QED) is 0.790. The zero-order chi connectivity index (χ0) is 20.0. The predicted octanol–water partition coefficient (Wildman–Crippen LogP) is 1.28. The van der Waals surface area contributed by atoms with E-state index in [1.807, 2.05) is 0 Å². The van der Waals surface area contributed by atoms with Crippen LogP contribution in [0.25, 0.3) is 0 Å². The molecule has 9 nitrogen and oxygen atoms in total. The smallest absolute Gasteiger partial charge is 0.331 e. The van der Waals surface area contributed by atoms with Gasteiger partial charge in [0, 0.05) is 18.3 Å². The second kappa shape index (κ2) is 6.38. The van der Waals surface area contributed by atoms with E-state index in [-0.39, 0.29) is 5.91 Å². The molecule has 0 spiro atoms. The van der Waals surface area contributed by atoms with Crippen LogP contribution in [0.1, 0.15) is 29.8 Å². The summed E-state index contributed by atoms with van der Waals surface area (Å²) in [7, 11) is -3.34. The molecule has 2 heterocycles. The molecule has 0 saturated heterocycles. The molecule has 0 atom stereocenters. The van der Waals surface area contributed by atoms with Gasteiger partial charge in [-0.2, -0.15) is 5.10 Å². The van der Waals surface area contributed by atoms with Gasteiger partial charge in [-0.05, 0) is 44.0 Å². The molecule has 0 radical (unpaired) electrons. The second-order valence-corrected chi connectivity index (χ2v) is 8.83. The molecule has 1 aliphatic heterocycles. The Kier molecular flexibility index (Phi) is 4.46. The molecule has 0 bridgehead atoms. The van der Waals surface area contributed by atoms with Gasteiger partial charge >= 0.3 is 5.97 Å². The van der Waals surface area contributed by atoms with Crippen molar-refractivity contribution in [3.8, 4) is 0 Å². The van der Waals surface area contributed by atoms with E-state index in [4.69, 9.17) is 0 Å². The number of aromatic nitrogens is 2. The summed E-state index contributed by atoms with van der Waals surface area (Å²) >= 11 is 0. The highest BCUT2D eigenvalue weighted by Crippen LogP contribution is 2.31. The summed E-state index contributed by atoms with van der Waals surface area (Å²) in [5.41, 5.74) is 0.883. The van der Waals surface area contributed by atoms with Crippen LogP contribution < -0.4 is 9.62 Å². The highest BCUT2D eigenvalue weighted by Gasteiger charge is 2.30. The first kappa shape index (κ1) is 18.9. The lowest BCUT2D eigenvalue weighted by Crippen LogP contribution is -2.35. The normalized spacial score (nSPS) is 14.1. The van der Waals surface area contributed by atoms with Gasteiger partial charge in [0.2, 0.25) is 10.0 Å². The number of carboxylic acids is 1. The molecule has 1 aromatic heterocycles. The van der Waals surface area contributed by atoms with Gasteiger partial charge in [-0.25, -0.2) is 13.2 Å². The number of sulfonamides is 1. The molecule has 1 aromatic carbocycles. The van der Waals surface area contributed by atoms with Crippen molar-refractivity contribution in [1.82, 2.24) is 9.78 Å². The minimum Gasteiger partial charge on any atom is -0.479 e. The second-order valence-electron chi connectivity index (χ2n) is 6.92. The lowest BCUT2D eigenvalue weighted by molar-refractivity contribution is -0.146. The van der Waals surface area contributed by atoms with E-state index in [0.717, 1.165) is 11.8 Å². The number of rotatable bonds is 5. The number of hydrogen-bond acceptors (Lipinski definition) is 5. The number of benzene rings is 1. The summed E-state index contributed by atoms with van der Waals surface area (Å²) in [4.78, 5) is 23.8. The molecule has 1 aliphatic rings. The molecule has 27 heavy (non-hydrogen) atoms. The first-order chi connectivity index (χ1) is 12.5. The Labute approximate surface area is 156 Å². The average Bonchev–Trinajstić information content (AvgIpc) is 3.20. The molecule has 1 amide bonds. The number of carboxylic acid groups (broad SMARTS) is 1. The molecule has 3 rings (SSSR count). The van der Waals surface area contributed by atoms with E-state index < -0.39 is 21.5 Å². The summed E-state index contributed by atoms with van der Waals surface area (Å²) in [5.74, 6) is -1.43. The number of aliphatic carboxylic acids is 1. The van der Waals surface area contributed by atoms with Gasteiger partial charge in [-0.15, -0.1) is 0 Å². The van der Waals surface area contributed by atoms with Crippen molar-refractivity contribution in [2.75, 3.05) is 22.4 Å². The van der Waals surface area contributed by atoms with Gasteiger partial charge in [0.15, 0.2) is 5.54 Å². The number of hydrogen-bond donors (Lipinski definition) is 2. The first-order valence-corrected chi connectivity index (χ1v) is 10.1. The number of fused-ring (bicyclic) bond motifs is 1. The van der Waals surface area contributed by atoms with Gasteiger partial charge in [0.1, 0.15) is 0 Å². The van der Waals surface area contributed by atoms with Crippen LogP contribution in [0.4, 0.5) is 11.4 Å². The topological polar surface area (TPSA) is 122 Å². The van der Waals surface area contributed by atoms with Crippen molar-refractivity contribution in [2.24, 2.45) is 0 Å². The molecule has 0 fully saturated rings. The van der Waals surface area contributed by atoms with Gasteiger partial charge in [-0.1, -0.05) is 0 Å². The van der Waals surface area contributed by atoms with Crippen LogP contribution in [-0.2, 0) is 26.8 Å². The fourth-order valence-corrected chi connectivity index (χ4v) is 3.81. The molecule has 0 aliphatic carbocycles. The van der Waals surface area contributed by atoms with E-state index >= 15 is 0 Å². The standard InChI is InChI=1S/C17H20N4O5S/c1-17(2,16(23)24)21-10-13(9-18-21)19-15(22)12-4-5-14-11(8-12)6-7-20(14)27(3,25)26/h4-5,8-10H,6-7H2,1-3H3,(H,19,22)(H,23,24). The Morgan fingerprint density at radius 2 is 2.00 bits per heavy atom. The average molecular weight is 392 g/mol. The fraction of sp³-hybridized carbons (Fsp3) is 0.353. The maximum atomic E-state index is 12.5. The summed E-state index contributed by atoms with van der Waals surface area (Å²) in [5, 5.41) is 15.9. The summed E-state index contributed by atoms with van der Waals surface area (Å²) in [6.07, 6.45) is 4.51. The minimum atomic E-state index is -3.34. The Bertz CT molecular complexity index is 1030. The van der Waals surface area contributed by atoms with Crippen LogP contribution in [0.15, 0.2) is 30.6 Å². The van der Waals surface area contributed by atoms with Crippen LogP contribution in [-0.4, -0.2) is 48.0 Å². The molecular formula is C17H20N4O5S. The number of anilines is 2. The maximum Gasteiger partial charge on any atom is 0.331 e. The fourth-order valence-electron chi connectivity index (χ4n) is 2.85. The molecule has 2 N–H and O–H groups in total. The predicted molar refractivity (Wildman–Crippen MR) is 99.5 cm³/mol. The monoisotopic (exact) mass is 392 g/mol. The molecule has 0 saturated carbocycles. The lowest BCUT2D eigenvalue weighted by Gasteiger charge is -2.19. The van der Waals surface area contributed by atoms with E-state index in [0.29, 0.717) is 29.9 Å². The highest BCUT2D eigenvalue weighted by molar-refractivity contribution is 7.92. The Balaban J connectivity index is 1.79. The zero-order valence-electron chi connectivity index (χ0n) is 15.1. The van der Waals surface area contributed by atoms with Crippen LogP contribution in [0.3, 0.4) is 0 Å². The summed E-state index contributed by atoms with van der Waals surface area (Å²) in [6, 6.07) is 4.85. The Morgan fingerprint density at radius 1 is 1.30 bits per heavy atom. The number of carbonyl (C=O) groups excluding carboxylic acids is 1. The molecular weight excluding hydrogens is 372 g/mol. The molecule has 2 aromatic rings. The van der Waals surface area contributed by atoms with Crippen LogP contribution in [0, 0.1) is 0 Å². The third-order valence-electron chi connectivity index (χ3n) is 4.53. The minimum absolute atomic E-state index is 0.357. The van der Waals surface area contributed by atoms with Crippen molar-refractivity contribution in [3.63, 3.8) is 0 Å². The number of nitrogens with one attached hydrogen (secondary N) is 1. The third-order valence-corrected chi connectivity index (χ3v) is 5.71. The maximum absolute atomic E-state index is 12.5. The van der Waals surface area contributed by atoms with Crippen LogP contribution in [0.2, 0.25) is 0 Å². The van der Waals surface area contributed by atoms with E-state index in [2.05, 4.69) is 10.4 Å². The highest BCUT2D eigenvalue weighted by atomic mass is 32.2. The Hall–Kier alpha value is -2.88. The van der Waals surface area contributed by atoms with Crippen LogP contribution in [0.5, 0.6) is 0 Å². The van der Waals surface area contributed by atoms with Gasteiger partial charge in [0.25, 0.3) is 5.91 Å². The van der Waals surface area contributed by atoms with Crippen molar-refractivity contribution in [3.05, 3.63) is 41.7 Å². The lowest BCUT2D eigenvalue weighted by atomic mass is 10.1. The van der Waals surface area contributed by atoms with E-state index in [1.54, 1.807) is 18.2 Å². The summed E-state index contributed by atoms with van der Waals surface area (Å²) < 4.78 is 26.1. The number of carbonyl (C=O) groups is 2. The summed E-state index contributed by atoms with van der Waals surface area (Å²) in [6.45, 7) is 3.36. The zero-order valence-corrected chi connectivity index (χ0v) is 15.9. The molecule has 0 unspecified atom stereocenters. The van der Waals surface area contributed by atoms with E-state index in [9.17, 15) is 23.1 Å². The molecule has 144 valence electrons.